The molecule has 2 atom stereocenters. The van der Waals surface area contributed by atoms with Gasteiger partial charge in [-0.05, 0) is 0 Å². The third-order valence-corrected chi connectivity index (χ3v) is 3.39. The highest BCUT2D eigenvalue weighted by atomic mass is 19.4. The van der Waals surface area contributed by atoms with Crippen LogP contribution in [0.5, 0.6) is 0 Å². The third kappa shape index (κ3) is 0.779. The predicted molar refractivity (Wildman–Crippen MR) is 32.4 cm³/mol. The maximum absolute atomic E-state index is 13.2. The number of hydrogen-bond donors (Lipinski definition) is 0. The second-order valence-corrected chi connectivity index (χ2v) is 4.19. The van der Waals surface area contributed by atoms with Crippen molar-refractivity contribution in [1.29, 1.82) is 0 Å². The summed E-state index contributed by atoms with van der Waals surface area (Å²) in [6.45, 7) is 0. The summed E-state index contributed by atoms with van der Waals surface area (Å²) in [5.74, 6) is -34.5. The molecule has 0 bridgehead atoms. The van der Waals surface area contributed by atoms with Crippen molar-refractivity contribution in [2.45, 2.75) is 41.0 Å². The van der Waals surface area contributed by atoms with Gasteiger partial charge in [-0.2, -0.15) is 43.9 Å². The lowest BCUT2D eigenvalue weighted by atomic mass is 9.61. The molecule has 0 amide bonds. The van der Waals surface area contributed by atoms with E-state index in [2.05, 4.69) is 0 Å². The lowest BCUT2D eigenvalue weighted by Crippen LogP contribution is -2.90. The molecule has 0 saturated heterocycles. The van der Waals surface area contributed by atoms with Crippen LogP contribution in [-0.4, -0.2) is 41.0 Å². The Morgan fingerprint density at radius 1 is 0.263 bits per heavy atom. The van der Waals surface area contributed by atoms with E-state index in [4.69, 9.17) is 0 Å². The SMILES string of the molecule is FC1(F)C(F)(F)[C@@]2(F)C(F)(F)C(F)(F)[C@@]2(F)C1(F)F. The van der Waals surface area contributed by atoms with Crippen LogP contribution >= 0.6 is 0 Å². The van der Waals surface area contributed by atoms with Crippen LogP contribution in [-0.2, 0) is 0 Å². The molecule has 0 spiro atoms. The van der Waals surface area contributed by atoms with Gasteiger partial charge in [-0.3, -0.25) is 0 Å². The van der Waals surface area contributed by atoms with E-state index < -0.39 is 41.0 Å². The van der Waals surface area contributed by atoms with Gasteiger partial charge in [0.25, 0.3) is 11.3 Å². The Kier molecular flexibility index (Phi) is 2.03. The Morgan fingerprint density at radius 3 is 0.632 bits per heavy atom. The van der Waals surface area contributed by atoms with Crippen molar-refractivity contribution >= 4 is 0 Å². The molecule has 0 N–H and O–H groups in total. The predicted octanol–water partition coefficient (Wildman–Crippen LogP) is 3.61. The first-order chi connectivity index (χ1) is 8.00. The molecule has 0 aromatic carbocycles. The van der Waals surface area contributed by atoms with Crippen molar-refractivity contribution in [1.82, 2.24) is 0 Å². The quantitative estimate of drug-likeness (QED) is 0.600. The molecule has 0 unspecified atom stereocenters. The van der Waals surface area contributed by atoms with Crippen molar-refractivity contribution in [3.63, 3.8) is 0 Å². The zero-order valence-corrected chi connectivity index (χ0v) is 8.04. The molecule has 2 saturated carbocycles. The highest BCUT2D eigenvalue weighted by Crippen LogP contribution is 2.84. The first-order valence-electron chi connectivity index (χ1n) is 4.27. The monoisotopic (exact) mass is 312 g/mol. The number of fused-ring (bicyclic) bond motifs is 1. The maximum Gasteiger partial charge on any atom is 0.379 e. The Labute approximate surface area is 94.9 Å². The van der Waals surface area contributed by atoms with E-state index in [1.807, 2.05) is 0 Å². The summed E-state index contributed by atoms with van der Waals surface area (Å²) < 4.78 is 153. The van der Waals surface area contributed by atoms with Gasteiger partial charge in [-0.25, -0.2) is 8.78 Å². The van der Waals surface area contributed by atoms with Crippen LogP contribution in [0.15, 0.2) is 0 Å². The third-order valence-electron chi connectivity index (χ3n) is 3.39. The Hall–Kier alpha value is -0.840. The highest BCUT2D eigenvalue weighted by Gasteiger charge is 3.18. The Bertz CT molecular complexity index is 411. The second-order valence-electron chi connectivity index (χ2n) is 4.19. The van der Waals surface area contributed by atoms with Gasteiger partial charge in [0, 0.05) is 0 Å². The average Bonchev–Trinajstić information content (AvgIpc) is 2.28. The van der Waals surface area contributed by atoms with Gasteiger partial charge in [-0.1, -0.05) is 0 Å². The number of halogens is 12. The lowest BCUT2D eigenvalue weighted by molar-refractivity contribution is -0.474. The molecule has 0 nitrogen and oxygen atoms in total. The molecule has 2 aliphatic carbocycles. The van der Waals surface area contributed by atoms with Crippen LogP contribution in [0.2, 0.25) is 0 Å². The van der Waals surface area contributed by atoms with Crippen molar-refractivity contribution < 1.29 is 52.7 Å². The molecule has 0 aliphatic heterocycles. The average molecular weight is 312 g/mol. The fraction of sp³-hybridized carbons (Fsp3) is 1.00. The van der Waals surface area contributed by atoms with Crippen molar-refractivity contribution in [3.8, 4) is 0 Å². The minimum atomic E-state index is -7.05. The summed E-state index contributed by atoms with van der Waals surface area (Å²) in [4.78, 5) is 0. The van der Waals surface area contributed by atoms with Crippen molar-refractivity contribution in [2.24, 2.45) is 0 Å². The minimum Gasteiger partial charge on any atom is -0.226 e. The molecule has 0 radical (unpaired) electrons. The molecular weight excluding hydrogens is 312 g/mol. The van der Waals surface area contributed by atoms with Gasteiger partial charge in [0.1, 0.15) is 0 Å². The highest BCUT2D eigenvalue weighted by molar-refractivity contribution is 5.47. The van der Waals surface area contributed by atoms with E-state index >= 15 is 0 Å². The summed E-state index contributed by atoms with van der Waals surface area (Å²) >= 11 is 0. The van der Waals surface area contributed by atoms with Crippen LogP contribution in [0.25, 0.3) is 0 Å². The zero-order valence-electron chi connectivity index (χ0n) is 8.04. The van der Waals surface area contributed by atoms with Crippen LogP contribution < -0.4 is 0 Å². The summed E-state index contributed by atoms with van der Waals surface area (Å²) in [5, 5.41) is 0. The van der Waals surface area contributed by atoms with E-state index in [0.717, 1.165) is 0 Å². The van der Waals surface area contributed by atoms with Crippen LogP contribution in [0.3, 0.4) is 0 Å². The normalized spacial score (nSPS) is 47.4. The molecule has 2 fully saturated rings. The first kappa shape index (κ1) is 14.6. The fourth-order valence-electron chi connectivity index (χ4n) is 2.26. The number of rotatable bonds is 0. The molecule has 12 heteroatoms. The topological polar surface area (TPSA) is 0 Å². The minimum absolute atomic E-state index is 6.72. The first-order valence-corrected chi connectivity index (χ1v) is 4.27. The summed E-state index contributed by atoms with van der Waals surface area (Å²) in [5.41, 5.74) is -13.4. The number of alkyl halides is 12. The zero-order chi connectivity index (χ0) is 15.5. The van der Waals surface area contributed by atoms with Crippen LogP contribution in [0, 0.1) is 0 Å². The van der Waals surface area contributed by atoms with Crippen LogP contribution in [0.4, 0.5) is 52.7 Å². The van der Waals surface area contributed by atoms with E-state index in [-0.39, 0.29) is 0 Å². The van der Waals surface area contributed by atoms with Crippen molar-refractivity contribution in [3.05, 3.63) is 0 Å². The van der Waals surface area contributed by atoms with Gasteiger partial charge in [0.2, 0.25) is 0 Å². The van der Waals surface area contributed by atoms with E-state index in [0.29, 0.717) is 0 Å². The van der Waals surface area contributed by atoms with E-state index in [1.165, 1.54) is 0 Å². The molecular formula is C7F12. The standard InChI is InChI=1S/C7F12/c8-1-2(9,4(12,13)3(1,10)11)6(16,17)7(18,19)5(1,14)15/t1-,2+. The smallest absolute Gasteiger partial charge is 0.226 e. The van der Waals surface area contributed by atoms with E-state index in [1.54, 1.807) is 0 Å². The summed E-state index contributed by atoms with van der Waals surface area (Å²) in [7, 11) is 0. The molecule has 112 valence electrons. The Balaban J connectivity index is 2.88. The van der Waals surface area contributed by atoms with Gasteiger partial charge in [0.15, 0.2) is 0 Å². The van der Waals surface area contributed by atoms with Crippen LogP contribution in [0.1, 0.15) is 0 Å². The van der Waals surface area contributed by atoms with Crippen molar-refractivity contribution in [2.75, 3.05) is 0 Å². The van der Waals surface area contributed by atoms with E-state index in [9.17, 15) is 52.7 Å². The van der Waals surface area contributed by atoms with Gasteiger partial charge in [0.05, 0.1) is 0 Å². The van der Waals surface area contributed by atoms with Gasteiger partial charge >= 0.3 is 29.6 Å². The van der Waals surface area contributed by atoms with Gasteiger partial charge in [-0.15, -0.1) is 0 Å². The molecule has 2 aliphatic rings. The summed E-state index contributed by atoms with van der Waals surface area (Å²) in [6.07, 6.45) is 0. The molecule has 0 heterocycles. The fourth-order valence-corrected chi connectivity index (χ4v) is 2.26. The molecule has 0 aromatic rings. The molecule has 2 rings (SSSR count). The lowest BCUT2D eigenvalue weighted by Gasteiger charge is -2.55. The maximum atomic E-state index is 13.2. The molecule has 19 heavy (non-hydrogen) atoms. The largest absolute Gasteiger partial charge is 0.379 e. The molecule has 0 aromatic heterocycles. The Morgan fingerprint density at radius 2 is 0.421 bits per heavy atom. The number of hydrogen-bond acceptors (Lipinski definition) is 0. The summed E-state index contributed by atoms with van der Waals surface area (Å²) in [6, 6.07) is 0. The second kappa shape index (κ2) is 2.65. The van der Waals surface area contributed by atoms with Gasteiger partial charge < -0.3 is 0 Å².